The largest absolute Gasteiger partial charge is 0.345 e. The molecule has 3 amide bonds. The number of hydrogen-bond donors (Lipinski definition) is 2. The van der Waals surface area contributed by atoms with E-state index in [1.807, 2.05) is 29.2 Å². The number of halogens is 1. The summed E-state index contributed by atoms with van der Waals surface area (Å²) < 4.78 is 14.0. The topological polar surface area (TPSA) is 64.7 Å². The number of benzene rings is 3. The minimum Gasteiger partial charge on any atom is -0.345 e. The fraction of sp³-hybridized carbons (Fsp3) is 0.259. The predicted molar refractivity (Wildman–Crippen MR) is 130 cm³/mol. The maximum Gasteiger partial charge on any atom is 0.322 e. The Hall–Kier alpha value is -3.71. The standard InChI is InChI=1S/C27H27FN4O2/c1-31(2)26(33)20-13-9-18(10-14-20)17-7-11-19(12-8-17)25-23-15-29-16-24(25)32(23)27(34)30-22-6-4-3-5-21(22)28/h3-14,23-25,29H,15-16H2,1-2H3,(H,30,34)/t23-,24+,25?. The van der Waals surface area contributed by atoms with E-state index in [0.717, 1.165) is 11.1 Å². The van der Waals surface area contributed by atoms with Crippen molar-refractivity contribution in [3.63, 3.8) is 0 Å². The van der Waals surface area contributed by atoms with Crippen molar-refractivity contribution in [3.8, 4) is 11.1 Å². The molecule has 3 aromatic carbocycles. The summed E-state index contributed by atoms with van der Waals surface area (Å²) >= 11 is 0. The molecule has 7 heteroatoms. The number of piperazine rings is 1. The van der Waals surface area contributed by atoms with Gasteiger partial charge in [-0.1, -0.05) is 48.5 Å². The highest BCUT2D eigenvalue weighted by molar-refractivity contribution is 5.94. The molecule has 2 heterocycles. The molecule has 5 rings (SSSR count). The number of anilines is 1. The summed E-state index contributed by atoms with van der Waals surface area (Å²) in [5.41, 5.74) is 4.17. The second kappa shape index (κ2) is 8.91. The summed E-state index contributed by atoms with van der Waals surface area (Å²) in [7, 11) is 3.48. The van der Waals surface area contributed by atoms with Gasteiger partial charge in [0, 0.05) is 38.7 Å². The number of amides is 3. The van der Waals surface area contributed by atoms with E-state index in [4.69, 9.17) is 0 Å². The molecule has 0 aliphatic carbocycles. The molecular formula is C27H27FN4O2. The van der Waals surface area contributed by atoms with Gasteiger partial charge in [0.2, 0.25) is 0 Å². The predicted octanol–water partition coefficient (Wildman–Crippen LogP) is 4.17. The van der Waals surface area contributed by atoms with Gasteiger partial charge in [0.1, 0.15) is 5.82 Å². The summed E-state index contributed by atoms with van der Waals surface area (Å²) in [6, 6.07) is 22.0. The SMILES string of the molecule is CN(C)C(=O)c1ccc(-c2ccc(C3[C@H]4CNC[C@@H]3N4C(=O)Nc3ccccc3F)cc2)cc1. The summed E-state index contributed by atoms with van der Waals surface area (Å²) in [5, 5.41) is 6.10. The molecule has 2 aliphatic rings. The van der Waals surface area contributed by atoms with Gasteiger partial charge < -0.3 is 20.4 Å². The minimum atomic E-state index is -0.439. The van der Waals surface area contributed by atoms with Crippen LogP contribution in [0.2, 0.25) is 0 Å². The van der Waals surface area contributed by atoms with Gasteiger partial charge in [-0.2, -0.15) is 0 Å². The lowest BCUT2D eigenvalue weighted by Gasteiger charge is -2.59. The van der Waals surface area contributed by atoms with Crippen molar-refractivity contribution in [2.45, 2.75) is 18.0 Å². The van der Waals surface area contributed by atoms with Crippen molar-refractivity contribution in [2.24, 2.45) is 0 Å². The molecule has 2 saturated heterocycles. The van der Waals surface area contributed by atoms with Gasteiger partial charge in [-0.05, 0) is 41.0 Å². The van der Waals surface area contributed by atoms with E-state index in [-0.39, 0.29) is 35.6 Å². The number of carbonyl (C=O) groups is 2. The van der Waals surface area contributed by atoms with Crippen LogP contribution in [0.5, 0.6) is 0 Å². The fourth-order valence-corrected chi connectivity index (χ4v) is 5.03. The molecule has 0 radical (unpaired) electrons. The second-order valence-corrected chi connectivity index (χ2v) is 9.03. The Balaban J connectivity index is 1.29. The Kier molecular flexibility index (Phi) is 5.79. The molecule has 34 heavy (non-hydrogen) atoms. The number of rotatable bonds is 4. The minimum absolute atomic E-state index is 0.0179. The first-order valence-electron chi connectivity index (χ1n) is 11.4. The van der Waals surface area contributed by atoms with E-state index < -0.39 is 5.82 Å². The van der Waals surface area contributed by atoms with Crippen LogP contribution in [0.25, 0.3) is 11.1 Å². The van der Waals surface area contributed by atoms with Gasteiger partial charge in [-0.25, -0.2) is 9.18 Å². The average Bonchev–Trinajstić information content (AvgIpc) is 2.86. The highest BCUT2D eigenvalue weighted by Crippen LogP contribution is 2.43. The number of nitrogens with one attached hydrogen (secondary N) is 2. The Morgan fingerprint density at radius 1 is 0.912 bits per heavy atom. The van der Waals surface area contributed by atoms with Gasteiger partial charge in [0.15, 0.2) is 0 Å². The molecule has 2 fully saturated rings. The van der Waals surface area contributed by atoms with E-state index >= 15 is 0 Å². The molecular weight excluding hydrogens is 431 g/mol. The maximum absolute atomic E-state index is 14.0. The van der Waals surface area contributed by atoms with Crippen LogP contribution in [0.3, 0.4) is 0 Å². The summed E-state index contributed by atoms with van der Waals surface area (Å²) in [5.74, 6) is -0.219. The zero-order valence-electron chi connectivity index (χ0n) is 19.2. The van der Waals surface area contributed by atoms with E-state index in [0.29, 0.717) is 18.7 Å². The van der Waals surface area contributed by atoms with Crippen LogP contribution in [-0.2, 0) is 0 Å². The normalized spacial score (nSPS) is 20.9. The fourth-order valence-electron chi connectivity index (χ4n) is 5.03. The molecule has 0 spiro atoms. The Bertz CT molecular complexity index is 1200. The highest BCUT2D eigenvalue weighted by Gasteiger charge is 2.53. The molecule has 174 valence electrons. The van der Waals surface area contributed by atoms with E-state index in [1.165, 1.54) is 11.6 Å². The molecule has 3 atom stereocenters. The Morgan fingerprint density at radius 3 is 2.09 bits per heavy atom. The first-order chi connectivity index (χ1) is 16.4. The molecule has 3 aromatic rings. The maximum atomic E-state index is 14.0. The van der Waals surface area contributed by atoms with Crippen LogP contribution in [-0.4, -0.2) is 61.0 Å². The molecule has 2 N–H and O–H groups in total. The molecule has 2 aliphatic heterocycles. The molecule has 0 aromatic heterocycles. The number of carbonyl (C=O) groups excluding carboxylic acids is 2. The summed E-state index contributed by atoms with van der Waals surface area (Å²) in [6.45, 7) is 1.41. The average molecular weight is 459 g/mol. The zero-order valence-corrected chi connectivity index (χ0v) is 19.2. The number of piperidine rings is 1. The van der Waals surface area contributed by atoms with Crippen LogP contribution in [0.4, 0.5) is 14.9 Å². The number of fused-ring (bicyclic) bond motifs is 2. The van der Waals surface area contributed by atoms with E-state index in [9.17, 15) is 14.0 Å². The van der Waals surface area contributed by atoms with Crippen molar-refractivity contribution in [2.75, 3.05) is 32.5 Å². The molecule has 0 saturated carbocycles. The monoisotopic (exact) mass is 458 g/mol. The van der Waals surface area contributed by atoms with Crippen molar-refractivity contribution < 1.29 is 14.0 Å². The van der Waals surface area contributed by atoms with Crippen LogP contribution < -0.4 is 10.6 Å². The first-order valence-corrected chi connectivity index (χ1v) is 11.4. The van der Waals surface area contributed by atoms with Crippen molar-refractivity contribution in [1.29, 1.82) is 0 Å². The van der Waals surface area contributed by atoms with E-state index in [1.54, 1.807) is 37.2 Å². The van der Waals surface area contributed by atoms with Crippen LogP contribution in [0.1, 0.15) is 21.8 Å². The van der Waals surface area contributed by atoms with Gasteiger partial charge in [0.25, 0.3) is 5.91 Å². The van der Waals surface area contributed by atoms with Gasteiger partial charge in [0.05, 0.1) is 17.8 Å². The van der Waals surface area contributed by atoms with Gasteiger partial charge in [-0.15, -0.1) is 0 Å². The molecule has 2 bridgehead atoms. The quantitative estimate of drug-likeness (QED) is 0.617. The third-order valence-electron chi connectivity index (χ3n) is 6.77. The van der Waals surface area contributed by atoms with Crippen molar-refractivity contribution in [1.82, 2.24) is 15.1 Å². The molecule has 6 nitrogen and oxygen atoms in total. The Morgan fingerprint density at radius 2 is 1.50 bits per heavy atom. The van der Waals surface area contributed by atoms with E-state index in [2.05, 4.69) is 34.9 Å². The highest BCUT2D eigenvalue weighted by atomic mass is 19.1. The second-order valence-electron chi connectivity index (χ2n) is 9.03. The third-order valence-corrected chi connectivity index (χ3v) is 6.77. The summed E-state index contributed by atoms with van der Waals surface area (Å²) in [4.78, 5) is 28.4. The Labute approximate surface area is 198 Å². The lowest BCUT2D eigenvalue weighted by molar-refractivity contribution is 0.00199. The number of hydrogen-bond acceptors (Lipinski definition) is 3. The van der Waals surface area contributed by atoms with Crippen LogP contribution >= 0.6 is 0 Å². The lowest BCUT2D eigenvalue weighted by atomic mass is 9.72. The first kappa shape index (κ1) is 22.1. The van der Waals surface area contributed by atoms with Crippen LogP contribution in [0.15, 0.2) is 72.8 Å². The number of likely N-dealkylation sites (tertiary alicyclic amines) is 1. The van der Waals surface area contributed by atoms with Crippen LogP contribution in [0, 0.1) is 5.82 Å². The lowest BCUT2D eigenvalue weighted by Crippen LogP contribution is -2.74. The van der Waals surface area contributed by atoms with Gasteiger partial charge in [-0.3, -0.25) is 4.79 Å². The zero-order chi connectivity index (χ0) is 23.8. The van der Waals surface area contributed by atoms with Gasteiger partial charge >= 0.3 is 6.03 Å². The van der Waals surface area contributed by atoms with Crippen molar-refractivity contribution in [3.05, 3.63) is 89.7 Å². The number of urea groups is 1. The summed E-state index contributed by atoms with van der Waals surface area (Å²) in [6.07, 6.45) is 0. The smallest absolute Gasteiger partial charge is 0.322 e. The number of nitrogens with zero attached hydrogens (tertiary/aromatic N) is 2. The van der Waals surface area contributed by atoms with Crippen molar-refractivity contribution >= 4 is 17.6 Å². The number of para-hydroxylation sites is 1. The molecule has 1 unspecified atom stereocenters. The third kappa shape index (κ3) is 3.92.